The summed E-state index contributed by atoms with van der Waals surface area (Å²) in [6.07, 6.45) is 1.67. The van der Waals surface area contributed by atoms with Gasteiger partial charge in [0, 0.05) is 22.8 Å². The Morgan fingerprint density at radius 3 is 2.09 bits per heavy atom. The predicted octanol–water partition coefficient (Wildman–Crippen LogP) is 6.55. The van der Waals surface area contributed by atoms with Crippen LogP contribution in [-0.4, -0.2) is 10.5 Å². The summed E-state index contributed by atoms with van der Waals surface area (Å²) in [7, 11) is 0. The second-order valence-corrected chi connectivity index (χ2v) is 9.46. The van der Waals surface area contributed by atoms with Gasteiger partial charge in [-0.2, -0.15) is 5.26 Å². The van der Waals surface area contributed by atoms with Crippen LogP contribution in [0.25, 0.3) is 11.8 Å². The first-order valence-electron chi connectivity index (χ1n) is 10.8. The molecule has 1 N–H and O–H groups in total. The van der Waals surface area contributed by atoms with E-state index in [1.807, 2.05) is 52.0 Å². The van der Waals surface area contributed by atoms with Crippen LogP contribution < -0.4 is 5.32 Å². The van der Waals surface area contributed by atoms with Gasteiger partial charge in [-0.25, -0.2) is 0 Å². The van der Waals surface area contributed by atoms with Crippen LogP contribution in [0.1, 0.15) is 54.4 Å². The predicted molar refractivity (Wildman–Crippen MR) is 132 cm³/mol. The fourth-order valence-corrected chi connectivity index (χ4v) is 3.99. The number of amides is 1. The number of anilines is 1. The van der Waals surface area contributed by atoms with E-state index in [1.165, 1.54) is 5.56 Å². The highest BCUT2D eigenvalue weighted by Gasteiger charge is 2.16. The first-order chi connectivity index (χ1) is 15.0. The zero-order valence-electron chi connectivity index (χ0n) is 20.0. The Hall–Kier alpha value is -3.58. The highest BCUT2D eigenvalue weighted by molar-refractivity contribution is 6.09. The highest BCUT2D eigenvalue weighted by Crippen LogP contribution is 2.27. The molecule has 0 aliphatic rings. The van der Waals surface area contributed by atoms with Gasteiger partial charge in [0.1, 0.15) is 11.6 Å². The van der Waals surface area contributed by atoms with Crippen LogP contribution in [0.5, 0.6) is 0 Å². The zero-order chi connectivity index (χ0) is 23.6. The molecule has 32 heavy (non-hydrogen) atoms. The third-order valence-corrected chi connectivity index (χ3v) is 5.61. The first kappa shape index (κ1) is 23.1. The van der Waals surface area contributed by atoms with Gasteiger partial charge < -0.3 is 9.88 Å². The number of carbonyl (C=O) groups excluding carboxylic acids is 1. The van der Waals surface area contributed by atoms with E-state index in [-0.39, 0.29) is 11.0 Å². The van der Waals surface area contributed by atoms with Crippen LogP contribution in [0.4, 0.5) is 5.69 Å². The zero-order valence-corrected chi connectivity index (χ0v) is 20.0. The molecule has 0 spiro atoms. The quantitative estimate of drug-likeness (QED) is 0.380. The largest absolute Gasteiger partial charge is 0.321 e. The Kier molecular flexibility index (Phi) is 6.41. The summed E-state index contributed by atoms with van der Waals surface area (Å²) < 4.78 is 2.15. The first-order valence-corrected chi connectivity index (χ1v) is 10.8. The van der Waals surface area contributed by atoms with Crippen molar-refractivity contribution in [3.8, 4) is 11.8 Å². The number of carbonyl (C=O) groups is 1. The van der Waals surface area contributed by atoms with Crippen molar-refractivity contribution < 1.29 is 4.79 Å². The minimum atomic E-state index is -0.406. The van der Waals surface area contributed by atoms with Crippen molar-refractivity contribution in [1.82, 2.24) is 4.57 Å². The molecule has 0 unspecified atom stereocenters. The molecule has 1 heterocycles. The lowest BCUT2D eigenvalue weighted by atomic mass is 9.87. The molecule has 1 aromatic heterocycles. The SMILES string of the molecule is Cc1cc(C)cc(NC(=O)/C(C#N)=C\c2cc(C)n(-c3ccc(C(C)(C)C)cc3)c2C)c1. The fraction of sp³-hybridized carbons (Fsp3) is 0.286. The molecule has 0 fully saturated rings. The van der Waals surface area contributed by atoms with Gasteiger partial charge in [0.05, 0.1) is 0 Å². The van der Waals surface area contributed by atoms with Crippen LogP contribution in [0, 0.1) is 39.0 Å². The van der Waals surface area contributed by atoms with Gasteiger partial charge in [0.25, 0.3) is 5.91 Å². The number of rotatable bonds is 4. The Bertz CT molecular complexity index is 1210. The second kappa shape index (κ2) is 8.88. The van der Waals surface area contributed by atoms with Crippen molar-refractivity contribution in [3.63, 3.8) is 0 Å². The monoisotopic (exact) mass is 425 g/mol. The summed E-state index contributed by atoms with van der Waals surface area (Å²) in [5.41, 5.74) is 8.21. The van der Waals surface area contributed by atoms with Crippen molar-refractivity contribution >= 4 is 17.7 Å². The van der Waals surface area contributed by atoms with Gasteiger partial charge in [-0.05, 0) is 91.8 Å². The summed E-state index contributed by atoms with van der Waals surface area (Å²) >= 11 is 0. The standard InChI is InChI=1S/C28H31N3O/c1-18-12-19(2)14-25(13-18)30-27(32)23(17-29)16-22-15-20(3)31(21(22)4)26-10-8-24(9-11-26)28(5,6)7/h8-16H,1-7H3,(H,30,32)/b23-16-. The van der Waals surface area contributed by atoms with E-state index < -0.39 is 5.91 Å². The van der Waals surface area contributed by atoms with Crippen LogP contribution in [0.15, 0.2) is 54.1 Å². The van der Waals surface area contributed by atoms with E-state index in [2.05, 4.69) is 61.0 Å². The summed E-state index contributed by atoms with van der Waals surface area (Å²) in [5, 5.41) is 12.5. The molecule has 0 aliphatic heterocycles. The number of benzene rings is 2. The molecule has 0 radical (unpaired) electrons. The lowest BCUT2D eigenvalue weighted by Crippen LogP contribution is -2.13. The normalized spacial score (nSPS) is 11.9. The summed E-state index contributed by atoms with van der Waals surface area (Å²) in [4.78, 5) is 12.8. The maximum Gasteiger partial charge on any atom is 0.266 e. The van der Waals surface area contributed by atoms with Crippen LogP contribution in [-0.2, 0) is 10.2 Å². The maximum atomic E-state index is 12.8. The molecule has 0 atom stereocenters. The van der Waals surface area contributed by atoms with Gasteiger partial charge >= 0.3 is 0 Å². The number of hydrogen-bond donors (Lipinski definition) is 1. The molecule has 0 saturated carbocycles. The second-order valence-electron chi connectivity index (χ2n) is 9.46. The Labute approximate surface area is 191 Å². The molecule has 0 saturated heterocycles. The summed E-state index contributed by atoms with van der Waals surface area (Å²) in [5.74, 6) is -0.406. The molecule has 3 aromatic rings. The van der Waals surface area contributed by atoms with Gasteiger partial charge in [0.15, 0.2) is 0 Å². The average molecular weight is 426 g/mol. The molecule has 3 rings (SSSR count). The van der Waals surface area contributed by atoms with Gasteiger partial charge in [-0.15, -0.1) is 0 Å². The molecule has 164 valence electrons. The average Bonchev–Trinajstić information content (AvgIpc) is 2.97. The molecule has 0 bridgehead atoms. The molecular weight excluding hydrogens is 394 g/mol. The molecule has 4 nitrogen and oxygen atoms in total. The number of aromatic nitrogens is 1. The lowest BCUT2D eigenvalue weighted by molar-refractivity contribution is -0.112. The van der Waals surface area contributed by atoms with Gasteiger partial charge in [-0.3, -0.25) is 4.79 Å². The Morgan fingerprint density at radius 1 is 0.969 bits per heavy atom. The van der Waals surface area contributed by atoms with Gasteiger partial charge in [0.2, 0.25) is 0 Å². The number of nitriles is 1. The molecule has 2 aromatic carbocycles. The summed E-state index contributed by atoms with van der Waals surface area (Å²) in [6.45, 7) is 14.6. The third-order valence-electron chi connectivity index (χ3n) is 5.61. The van der Waals surface area contributed by atoms with E-state index in [9.17, 15) is 10.1 Å². The number of nitrogens with zero attached hydrogens (tertiary/aromatic N) is 2. The van der Waals surface area contributed by atoms with Crippen molar-refractivity contribution in [2.24, 2.45) is 0 Å². The van der Waals surface area contributed by atoms with E-state index in [1.54, 1.807) is 6.08 Å². The van der Waals surface area contributed by atoms with Crippen LogP contribution in [0.2, 0.25) is 0 Å². The molecule has 1 amide bonds. The summed E-state index contributed by atoms with van der Waals surface area (Å²) in [6, 6.07) is 18.4. The number of hydrogen-bond acceptors (Lipinski definition) is 2. The third kappa shape index (κ3) is 5.00. The highest BCUT2D eigenvalue weighted by atomic mass is 16.1. The smallest absolute Gasteiger partial charge is 0.266 e. The van der Waals surface area contributed by atoms with E-state index >= 15 is 0 Å². The van der Waals surface area contributed by atoms with E-state index in [4.69, 9.17) is 0 Å². The molecule has 4 heteroatoms. The Morgan fingerprint density at radius 2 is 1.56 bits per heavy atom. The van der Waals surface area contributed by atoms with Crippen LogP contribution >= 0.6 is 0 Å². The minimum Gasteiger partial charge on any atom is -0.321 e. The number of nitrogens with one attached hydrogen (secondary N) is 1. The minimum absolute atomic E-state index is 0.0764. The van der Waals surface area contributed by atoms with Crippen molar-refractivity contribution in [1.29, 1.82) is 5.26 Å². The van der Waals surface area contributed by atoms with Crippen LogP contribution in [0.3, 0.4) is 0 Å². The maximum absolute atomic E-state index is 12.8. The van der Waals surface area contributed by atoms with E-state index in [0.29, 0.717) is 5.69 Å². The molecular formula is C28H31N3O. The van der Waals surface area contributed by atoms with E-state index in [0.717, 1.165) is 33.8 Å². The Balaban J connectivity index is 1.92. The fourth-order valence-electron chi connectivity index (χ4n) is 3.99. The van der Waals surface area contributed by atoms with Crippen molar-refractivity contribution in [2.75, 3.05) is 5.32 Å². The van der Waals surface area contributed by atoms with Crippen molar-refractivity contribution in [2.45, 2.75) is 53.9 Å². The molecule has 0 aliphatic carbocycles. The number of aryl methyl sites for hydroxylation is 3. The topological polar surface area (TPSA) is 57.8 Å². The van der Waals surface area contributed by atoms with Gasteiger partial charge in [-0.1, -0.05) is 39.0 Å². The lowest BCUT2D eigenvalue weighted by Gasteiger charge is -2.20. The van der Waals surface area contributed by atoms with Crippen molar-refractivity contribution in [3.05, 3.63) is 87.7 Å².